The minimum absolute atomic E-state index is 0.0856. The van der Waals surface area contributed by atoms with Gasteiger partial charge < -0.3 is 4.74 Å². The summed E-state index contributed by atoms with van der Waals surface area (Å²) in [4.78, 5) is 9.34. The van der Waals surface area contributed by atoms with Gasteiger partial charge in [-0.25, -0.2) is 9.97 Å². The van der Waals surface area contributed by atoms with Crippen molar-refractivity contribution in [2.45, 2.75) is 31.3 Å². The molecule has 0 radical (unpaired) electrons. The van der Waals surface area contributed by atoms with E-state index < -0.39 is 0 Å². The van der Waals surface area contributed by atoms with Gasteiger partial charge in [-0.3, -0.25) is 0 Å². The molecule has 1 aromatic carbocycles. The zero-order valence-corrected chi connectivity index (χ0v) is 14.7. The lowest BCUT2D eigenvalue weighted by Gasteiger charge is -2.41. The molecule has 5 heteroatoms. The van der Waals surface area contributed by atoms with Crippen molar-refractivity contribution in [1.82, 2.24) is 9.97 Å². The van der Waals surface area contributed by atoms with Crippen molar-refractivity contribution >= 4 is 34.2 Å². The Labute approximate surface area is 143 Å². The lowest BCUT2D eigenvalue weighted by Crippen LogP contribution is -2.37. The second-order valence-electron chi connectivity index (χ2n) is 5.33. The number of aromatic nitrogens is 2. The van der Waals surface area contributed by atoms with Gasteiger partial charge in [0.25, 0.3) is 0 Å². The van der Waals surface area contributed by atoms with Gasteiger partial charge in [-0.1, -0.05) is 48.4 Å². The average Bonchev–Trinajstić information content (AvgIpc) is 2.44. The van der Waals surface area contributed by atoms with Crippen LogP contribution >= 0.6 is 34.2 Å². The first-order valence-electron chi connectivity index (χ1n) is 6.94. The molecule has 1 aromatic heterocycles. The fourth-order valence-corrected chi connectivity index (χ4v) is 3.42. The van der Waals surface area contributed by atoms with Crippen molar-refractivity contribution in [1.29, 1.82) is 0 Å². The van der Waals surface area contributed by atoms with Crippen LogP contribution in [0.4, 0.5) is 0 Å². The van der Waals surface area contributed by atoms with Crippen LogP contribution in [0.5, 0.6) is 0 Å². The highest BCUT2D eigenvalue weighted by Gasteiger charge is 2.43. The van der Waals surface area contributed by atoms with E-state index in [2.05, 4.69) is 51.8 Å². The first-order valence-corrected chi connectivity index (χ1v) is 8.40. The summed E-state index contributed by atoms with van der Waals surface area (Å²) in [6.07, 6.45) is 3.34. The second kappa shape index (κ2) is 6.18. The third kappa shape index (κ3) is 2.69. The number of hydrogen-bond acceptors (Lipinski definition) is 3. The van der Waals surface area contributed by atoms with E-state index >= 15 is 0 Å². The molecule has 21 heavy (non-hydrogen) atoms. The zero-order valence-electron chi connectivity index (χ0n) is 11.8. The molecule has 0 aliphatic heterocycles. The summed E-state index contributed by atoms with van der Waals surface area (Å²) in [5.74, 6) is 0.831. The van der Waals surface area contributed by atoms with Gasteiger partial charge in [0.2, 0.25) is 0 Å². The molecule has 1 heterocycles. The van der Waals surface area contributed by atoms with Gasteiger partial charge >= 0.3 is 0 Å². The quantitative estimate of drug-likeness (QED) is 0.551. The second-order valence-corrected chi connectivity index (χ2v) is 6.77. The minimum Gasteiger partial charge on any atom is -0.378 e. The highest BCUT2D eigenvalue weighted by molar-refractivity contribution is 14.1. The summed E-state index contributed by atoms with van der Waals surface area (Å²) in [5, 5.41) is 0.523. The number of hydrogen-bond donors (Lipinski definition) is 0. The molecular formula is C16H16ClIN2O. The van der Waals surface area contributed by atoms with Crippen molar-refractivity contribution in [2.75, 3.05) is 7.11 Å². The Balaban J connectivity index is 2.10. The van der Waals surface area contributed by atoms with E-state index in [0.29, 0.717) is 11.8 Å². The van der Waals surface area contributed by atoms with Gasteiger partial charge in [0, 0.05) is 7.11 Å². The van der Waals surface area contributed by atoms with Crippen molar-refractivity contribution in [3.8, 4) is 0 Å². The minimum atomic E-state index is -0.0856. The molecular weight excluding hydrogens is 399 g/mol. The first-order chi connectivity index (χ1) is 10.2. The van der Waals surface area contributed by atoms with Gasteiger partial charge in [-0.15, -0.1) is 0 Å². The Morgan fingerprint density at radius 3 is 2.52 bits per heavy atom. The van der Waals surface area contributed by atoms with Gasteiger partial charge in [0.1, 0.15) is 11.0 Å². The van der Waals surface area contributed by atoms with E-state index in [4.69, 9.17) is 21.3 Å². The highest BCUT2D eigenvalue weighted by Crippen LogP contribution is 2.48. The van der Waals surface area contributed by atoms with E-state index in [1.807, 2.05) is 6.07 Å². The number of rotatable bonds is 4. The van der Waals surface area contributed by atoms with Crippen molar-refractivity contribution in [2.24, 2.45) is 0 Å². The Morgan fingerprint density at radius 2 is 1.95 bits per heavy atom. The first kappa shape index (κ1) is 15.2. The van der Waals surface area contributed by atoms with Crippen LogP contribution in [0.1, 0.15) is 36.3 Å². The largest absolute Gasteiger partial charge is 0.378 e. The van der Waals surface area contributed by atoms with Crippen LogP contribution in [0.25, 0.3) is 0 Å². The SMILES string of the molecule is COCc1nc(C2(c3ccccc3)CCC2)nc(Cl)c1I. The van der Waals surface area contributed by atoms with E-state index in [0.717, 1.165) is 27.9 Å². The number of benzene rings is 1. The van der Waals surface area contributed by atoms with Gasteiger partial charge in [0.05, 0.1) is 21.3 Å². The van der Waals surface area contributed by atoms with Gasteiger partial charge in [0.15, 0.2) is 0 Å². The zero-order chi connectivity index (χ0) is 14.9. The summed E-state index contributed by atoms with van der Waals surface area (Å²) < 4.78 is 6.11. The molecule has 110 valence electrons. The summed E-state index contributed by atoms with van der Waals surface area (Å²) in [6.45, 7) is 0.457. The maximum atomic E-state index is 6.32. The van der Waals surface area contributed by atoms with E-state index in [9.17, 15) is 0 Å². The number of methoxy groups -OCH3 is 1. The standard InChI is InChI=1S/C16H16ClIN2O/c1-21-10-12-13(18)14(17)20-15(19-12)16(8-5-9-16)11-6-3-2-4-7-11/h2-4,6-7H,5,8-10H2,1H3. The fraction of sp³-hybridized carbons (Fsp3) is 0.375. The van der Waals surface area contributed by atoms with E-state index in [-0.39, 0.29) is 5.41 Å². The Hall–Kier alpha value is -0.720. The molecule has 0 bridgehead atoms. The van der Waals surface area contributed by atoms with Crippen LogP contribution in [0.2, 0.25) is 5.15 Å². The topological polar surface area (TPSA) is 35.0 Å². The van der Waals surface area contributed by atoms with Crippen LogP contribution < -0.4 is 0 Å². The predicted octanol–water partition coefficient (Wildman–Crippen LogP) is 4.35. The molecule has 1 fully saturated rings. The number of ether oxygens (including phenoxy) is 1. The van der Waals surface area contributed by atoms with Crippen molar-refractivity contribution < 1.29 is 4.74 Å². The predicted molar refractivity (Wildman–Crippen MR) is 91.5 cm³/mol. The van der Waals surface area contributed by atoms with Crippen molar-refractivity contribution in [3.63, 3.8) is 0 Å². The molecule has 0 unspecified atom stereocenters. The van der Waals surface area contributed by atoms with Crippen LogP contribution in [0.3, 0.4) is 0 Å². The molecule has 1 aliphatic rings. The van der Waals surface area contributed by atoms with E-state index in [1.165, 1.54) is 12.0 Å². The third-order valence-electron chi connectivity index (χ3n) is 4.12. The molecule has 0 saturated heterocycles. The summed E-state index contributed by atoms with van der Waals surface area (Å²) >= 11 is 8.50. The molecule has 0 spiro atoms. The molecule has 3 nitrogen and oxygen atoms in total. The fourth-order valence-electron chi connectivity index (χ4n) is 2.84. The Morgan fingerprint density at radius 1 is 1.24 bits per heavy atom. The molecule has 1 aliphatic carbocycles. The summed E-state index contributed by atoms with van der Waals surface area (Å²) in [7, 11) is 1.67. The maximum absolute atomic E-state index is 6.32. The van der Waals surface area contributed by atoms with Crippen molar-refractivity contribution in [3.05, 3.63) is 56.1 Å². The van der Waals surface area contributed by atoms with Crippen LogP contribution in [-0.4, -0.2) is 17.1 Å². The van der Waals surface area contributed by atoms with E-state index in [1.54, 1.807) is 7.11 Å². The van der Waals surface area contributed by atoms with Gasteiger partial charge in [-0.2, -0.15) is 0 Å². The lowest BCUT2D eigenvalue weighted by atomic mass is 9.64. The van der Waals surface area contributed by atoms with Crippen LogP contribution in [0.15, 0.2) is 30.3 Å². The average molecular weight is 415 g/mol. The smallest absolute Gasteiger partial charge is 0.146 e. The lowest BCUT2D eigenvalue weighted by molar-refractivity contribution is 0.179. The normalized spacial score (nSPS) is 16.5. The number of halogens is 2. The Bertz CT molecular complexity index is 644. The monoisotopic (exact) mass is 414 g/mol. The molecule has 0 atom stereocenters. The molecule has 3 rings (SSSR count). The molecule has 2 aromatic rings. The maximum Gasteiger partial charge on any atom is 0.146 e. The molecule has 0 N–H and O–H groups in total. The van der Waals surface area contributed by atoms with Gasteiger partial charge in [-0.05, 0) is 41.0 Å². The highest BCUT2D eigenvalue weighted by atomic mass is 127. The number of nitrogens with zero attached hydrogens (tertiary/aromatic N) is 2. The molecule has 1 saturated carbocycles. The summed E-state index contributed by atoms with van der Waals surface area (Å²) in [5.41, 5.74) is 2.06. The molecule has 0 amide bonds. The Kier molecular flexibility index (Phi) is 4.47. The van der Waals surface area contributed by atoms with Crippen LogP contribution in [0, 0.1) is 3.57 Å². The van der Waals surface area contributed by atoms with Crippen LogP contribution in [-0.2, 0) is 16.8 Å². The third-order valence-corrected chi connectivity index (χ3v) is 5.85. The summed E-state index contributed by atoms with van der Waals surface area (Å²) in [6, 6.07) is 10.5.